The van der Waals surface area contributed by atoms with Gasteiger partial charge < -0.3 is 32.5 Å². The fourth-order valence-corrected chi connectivity index (χ4v) is 2.83. The van der Waals surface area contributed by atoms with E-state index in [9.17, 15) is 29.1 Å². The summed E-state index contributed by atoms with van der Waals surface area (Å²) in [7, 11) is 0. The zero-order chi connectivity index (χ0) is 23.4. The Morgan fingerprint density at radius 1 is 0.967 bits per heavy atom. The Labute approximate surface area is 180 Å². The average molecular weight is 448 g/mol. The minimum Gasteiger partial charge on any atom is -0.480 e. The summed E-state index contributed by atoms with van der Waals surface area (Å²) >= 11 is 1.41. The van der Waals surface area contributed by atoms with Crippen LogP contribution in [0.4, 0.5) is 0 Å². The molecule has 0 spiro atoms. The van der Waals surface area contributed by atoms with E-state index < -0.39 is 60.2 Å². The van der Waals surface area contributed by atoms with E-state index in [0.717, 1.165) is 0 Å². The number of hydrogen-bond donors (Lipinski definition) is 6. The van der Waals surface area contributed by atoms with E-state index in [-0.39, 0.29) is 12.3 Å². The van der Waals surface area contributed by atoms with Crippen LogP contribution in [0.3, 0.4) is 0 Å². The Hall–Kier alpha value is -2.34. The molecular formula is C18H33N5O6S. The number of primary amides is 1. The van der Waals surface area contributed by atoms with Crippen molar-refractivity contribution in [1.82, 2.24) is 16.0 Å². The highest BCUT2D eigenvalue weighted by molar-refractivity contribution is 7.98. The monoisotopic (exact) mass is 447 g/mol. The lowest BCUT2D eigenvalue weighted by molar-refractivity contribution is -0.142. The lowest BCUT2D eigenvalue weighted by Crippen LogP contribution is -2.57. The van der Waals surface area contributed by atoms with E-state index in [0.29, 0.717) is 12.2 Å². The second-order valence-corrected chi connectivity index (χ2v) is 8.04. The van der Waals surface area contributed by atoms with Gasteiger partial charge in [0.25, 0.3) is 0 Å². The van der Waals surface area contributed by atoms with Gasteiger partial charge in [-0.3, -0.25) is 19.2 Å². The molecule has 11 nitrogen and oxygen atoms in total. The molecule has 0 fully saturated rings. The van der Waals surface area contributed by atoms with E-state index in [2.05, 4.69) is 16.0 Å². The van der Waals surface area contributed by atoms with Crippen LogP contribution in [0.1, 0.15) is 40.0 Å². The Kier molecular flexibility index (Phi) is 12.7. The van der Waals surface area contributed by atoms with Gasteiger partial charge in [0, 0.05) is 0 Å². The minimum absolute atomic E-state index is 0.0946. The van der Waals surface area contributed by atoms with Gasteiger partial charge in [0.15, 0.2) is 0 Å². The third-order valence-corrected chi connectivity index (χ3v) is 5.22. The molecule has 30 heavy (non-hydrogen) atoms. The number of carbonyl (C=O) groups excluding carboxylic acids is 4. The zero-order valence-electron chi connectivity index (χ0n) is 17.8. The molecule has 0 aromatic heterocycles. The highest BCUT2D eigenvalue weighted by atomic mass is 32.2. The lowest BCUT2D eigenvalue weighted by Gasteiger charge is -2.24. The van der Waals surface area contributed by atoms with E-state index >= 15 is 0 Å². The number of nitrogens with two attached hydrogens (primary N) is 2. The maximum atomic E-state index is 12.5. The van der Waals surface area contributed by atoms with Crippen molar-refractivity contribution in [2.45, 2.75) is 64.2 Å². The summed E-state index contributed by atoms with van der Waals surface area (Å²) in [6, 6.07) is -4.40. The Bertz CT molecular complexity index is 632. The molecule has 5 unspecified atom stereocenters. The molecule has 0 radical (unpaired) electrons. The number of aliphatic carboxylic acids is 1. The Balaban J connectivity index is 5.11. The molecule has 0 aliphatic carbocycles. The van der Waals surface area contributed by atoms with Crippen LogP contribution in [0.25, 0.3) is 0 Å². The SMILES string of the molecule is CCC(C)C(N)C(=O)NC(C)C(=O)NC(CC(N)=O)C(=O)NC(CCSC)C(=O)O. The first-order chi connectivity index (χ1) is 13.9. The first-order valence-corrected chi connectivity index (χ1v) is 11.0. The molecule has 0 heterocycles. The van der Waals surface area contributed by atoms with Crippen molar-refractivity contribution < 1.29 is 29.1 Å². The summed E-state index contributed by atoms with van der Waals surface area (Å²) in [5.74, 6) is -3.82. The molecule has 0 bridgehead atoms. The van der Waals surface area contributed by atoms with Gasteiger partial charge in [-0.1, -0.05) is 20.3 Å². The lowest BCUT2D eigenvalue weighted by atomic mass is 9.99. The first-order valence-electron chi connectivity index (χ1n) is 9.61. The quantitative estimate of drug-likeness (QED) is 0.186. The highest BCUT2D eigenvalue weighted by Gasteiger charge is 2.30. The summed E-state index contributed by atoms with van der Waals surface area (Å²) in [6.45, 7) is 5.08. The van der Waals surface area contributed by atoms with Crippen LogP contribution in [-0.2, 0) is 24.0 Å². The van der Waals surface area contributed by atoms with Crippen molar-refractivity contribution in [1.29, 1.82) is 0 Å². The summed E-state index contributed by atoms with van der Waals surface area (Å²) in [6.07, 6.45) is 2.11. The third-order valence-electron chi connectivity index (χ3n) is 4.58. The maximum absolute atomic E-state index is 12.5. The summed E-state index contributed by atoms with van der Waals surface area (Å²) in [5.41, 5.74) is 11.0. The van der Waals surface area contributed by atoms with Gasteiger partial charge in [0.1, 0.15) is 18.1 Å². The second kappa shape index (κ2) is 13.8. The van der Waals surface area contributed by atoms with Gasteiger partial charge in [0.2, 0.25) is 23.6 Å². The molecule has 172 valence electrons. The van der Waals surface area contributed by atoms with Crippen LogP contribution in [0, 0.1) is 5.92 Å². The van der Waals surface area contributed by atoms with E-state index in [1.807, 2.05) is 6.92 Å². The predicted molar refractivity (Wildman–Crippen MR) is 113 cm³/mol. The molecular weight excluding hydrogens is 414 g/mol. The molecule has 0 aliphatic heterocycles. The fraction of sp³-hybridized carbons (Fsp3) is 0.722. The van der Waals surface area contributed by atoms with Crippen molar-refractivity contribution in [3.8, 4) is 0 Å². The van der Waals surface area contributed by atoms with E-state index in [4.69, 9.17) is 11.5 Å². The highest BCUT2D eigenvalue weighted by Crippen LogP contribution is 2.06. The number of amides is 4. The first kappa shape index (κ1) is 27.7. The van der Waals surface area contributed by atoms with E-state index in [1.165, 1.54) is 18.7 Å². The molecule has 0 rings (SSSR count). The third kappa shape index (κ3) is 9.92. The molecule has 12 heteroatoms. The molecule has 0 aromatic carbocycles. The zero-order valence-corrected chi connectivity index (χ0v) is 18.6. The largest absolute Gasteiger partial charge is 0.480 e. The smallest absolute Gasteiger partial charge is 0.326 e. The molecule has 8 N–H and O–H groups in total. The van der Waals surface area contributed by atoms with Crippen molar-refractivity contribution >= 4 is 41.4 Å². The number of carbonyl (C=O) groups is 5. The number of thioether (sulfide) groups is 1. The van der Waals surface area contributed by atoms with Crippen molar-refractivity contribution in [3.63, 3.8) is 0 Å². The van der Waals surface area contributed by atoms with Crippen molar-refractivity contribution in [2.24, 2.45) is 17.4 Å². The average Bonchev–Trinajstić information content (AvgIpc) is 2.68. The van der Waals surface area contributed by atoms with Gasteiger partial charge in [-0.2, -0.15) is 11.8 Å². The molecule has 0 aromatic rings. The molecule has 0 saturated heterocycles. The van der Waals surface area contributed by atoms with Crippen LogP contribution in [0.2, 0.25) is 0 Å². The van der Waals surface area contributed by atoms with Crippen LogP contribution >= 0.6 is 11.8 Å². The van der Waals surface area contributed by atoms with Gasteiger partial charge in [-0.25, -0.2) is 4.79 Å². The van der Waals surface area contributed by atoms with Gasteiger partial charge in [0.05, 0.1) is 12.5 Å². The molecule has 4 amide bonds. The Morgan fingerprint density at radius 2 is 1.53 bits per heavy atom. The Morgan fingerprint density at radius 3 is 2.00 bits per heavy atom. The standard InChI is InChI=1S/C18H33N5O6S/c1-5-9(2)14(20)17(27)21-10(3)15(25)23-12(8-13(19)24)16(26)22-11(18(28)29)6-7-30-4/h9-12,14H,5-8,20H2,1-4H3,(H2,19,24)(H,21,27)(H,22,26)(H,23,25)(H,28,29). The maximum Gasteiger partial charge on any atom is 0.326 e. The molecule has 5 atom stereocenters. The number of hydrogen-bond acceptors (Lipinski definition) is 7. The fourth-order valence-electron chi connectivity index (χ4n) is 2.36. The van der Waals surface area contributed by atoms with E-state index in [1.54, 1.807) is 13.2 Å². The number of nitrogens with one attached hydrogen (secondary N) is 3. The normalized spacial score (nSPS) is 15.8. The topological polar surface area (TPSA) is 194 Å². The van der Waals surface area contributed by atoms with Crippen LogP contribution in [0.5, 0.6) is 0 Å². The molecule has 0 aliphatic rings. The van der Waals surface area contributed by atoms with Gasteiger partial charge >= 0.3 is 5.97 Å². The number of rotatable bonds is 14. The predicted octanol–water partition coefficient (Wildman–Crippen LogP) is -1.45. The van der Waals surface area contributed by atoms with Crippen LogP contribution in [-0.4, -0.2) is 70.9 Å². The van der Waals surface area contributed by atoms with Crippen LogP contribution in [0.15, 0.2) is 0 Å². The summed E-state index contributed by atoms with van der Waals surface area (Å²) < 4.78 is 0. The van der Waals surface area contributed by atoms with Crippen LogP contribution < -0.4 is 27.4 Å². The van der Waals surface area contributed by atoms with Crippen molar-refractivity contribution in [2.75, 3.05) is 12.0 Å². The molecule has 0 saturated carbocycles. The summed E-state index contributed by atoms with van der Waals surface area (Å²) in [4.78, 5) is 59.6. The minimum atomic E-state index is -1.38. The summed E-state index contributed by atoms with van der Waals surface area (Å²) in [5, 5.41) is 16.3. The number of carboxylic acid groups (broad SMARTS) is 1. The van der Waals surface area contributed by atoms with Gasteiger partial charge in [-0.15, -0.1) is 0 Å². The second-order valence-electron chi connectivity index (χ2n) is 7.05. The van der Waals surface area contributed by atoms with Gasteiger partial charge in [-0.05, 0) is 31.3 Å². The number of carboxylic acids is 1. The van der Waals surface area contributed by atoms with Crippen molar-refractivity contribution in [3.05, 3.63) is 0 Å².